The number of likely N-dealkylation sites (tertiary alicyclic amines) is 1. The predicted molar refractivity (Wildman–Crippen MR) is 93.4 cm³/mol. The van der Waals surface area contributed by atoms with Crippen LogP contribution in [0.25, 0.3) is 4.96 Å². The Morgan fingerprint density at radius 1 is 1.43 bits per heavy atom. The number of fused-ring (bicyclic) bond motifs is 1. The summed E-state index contributed by atoms with van der Waals surface area (Å²) in [6.45, 7) is 6.29. The molecule has 0 aliphatic carbocycles. The molecule has 4 rings (SSSR count). The van der Waals surface area contributed by atoms with Crippen LogP contribution in [0.2, 0.25) is 0 Å². The van der Waals surface area contributed by atoms with Gasteiger partial charge < -0.3 is 5.11 Å². The van der Waals surface area contributed by atoms with Crippen LogP contribution in [-0.2, 0) is 0 Å². The van der Waals surface area contributed by atoms with Crippen molar-refractivity contribution >= 4 is 27.6 Å². The van der Waals surface area contributed by atoms with E-state index < -0.39 is 0 Å². The number of aromatic nitrogens is 3. The molecule has 0 unspecified atom stereocenters. The van der Waals surface area contributed by atoms with Gasteiger partial charge in [0.05, 0.1) is 10.9 Å². The van der Waals surface area contributed by atoms with Crippen molar-refractivity contribution in [3.05, 3.63) is 33.1 Å². The van der Waals surface area contributed by atoms with Gasteiger partial charge in [0.1, 0.15) is 5.82 Å². The summed E-state index contributed by atoms with van der Waals surface area (Å²) in [4.78, 5) is 9.91. The minimum Gasteiger partial charge on any atom is -0.492 e. The smallest absolute Gasteiger partial charge is 0.230 e. The molecule has 1 aliphatic heterocycles. The van der Waals surface area contributed by atoms with Gasteiger partial charge in [-0.2, -0.15) is 4.52 Å². The van der Waals surface area contributed by atoms with Crippen molar-refractivity contribution in [1.29, 1.82) is 0 Å². The van der Waals surface area contributed by atoms with Gasteiger partial charge in [-0.05, 0) is 43.7 Å². The van der Waals surface area contributed by atoms with Crippen molar-refractivity contribution in [3.8, 4) is 5.88 Å². The molecule has 0 bridgehead atoms. The average Bonchev–Trinajstić information content (AvgIpc) is 3.21. The normalized spacial score (nSPS) is 21.0. The second-order valence-corrected chi connectivity index (χ2v) is 8.29. The van der Waals surface area contributed by atoms with E-state index in [1.54, 1.807) is 27.2 Å². The van der Waals surface area contributed by atoms with E-state index in [4.69, 9.17) is 0 Å². The fraction of sp³-hybridized carbons (Fsp3) is 0.500. The number of rotatable bonds is 3. The number of hydrogen-bond donors (Lipinski definition) is 1. The van der Waals surface area contributed by atoms with Crippen LogP contribution in [-0.4, -0.2) is 37.7 Å². The highest BCUT2D eigenvalue weighted by Crippen LogP contribution is 2.42. The van der Waals surface area contributed by atoms with E-state index in [-0.39, 0.29) is 11.9 Å². The largest absolute Gasteiger partial charge is 0.492 e. The molecule has 7 heteroatoms. The summed E-state index contributed by atoms with van der Waals surface area (Å²) >= 11 is 3.30. The first kappa shape index (κ1) is 15.1. The van der Waals surface area contributed by atoms with Crippen LogP contribution in [0.3, 0.4) is 0 Å². The van der Waals surface area contributed by atoms with Gasteiger partial charge in [-0.25, -0.2) is 4.98 Å². The van der Waals surface area contributed by atoms with E-state index in [9.17, 15) is 5.11 Å². The van der Waals surface area contributed by atoms with Gasteiger partial charge in [0.15, 0.2) is 0 Å². The molecule has 1 N–H and O–H groups in total. The van der Waals surface area contributed by atoms with Crippen LogP contribution < -0.4 is 0 Å². The Balaban J connectivity index is 1.80. The lowest BCUT2D eigenvalue weighted by Gasteiger charge is -2.36. The van der Waals surface area contributed by atoms with E-state index in [0.29, 0.717) is 11.7 Å². The number of hydrogen-bond acceptors (Lipinski definition) is 6. The van der Waals surface area contributed by atoms with Crippen molar-refractivity contribution in [1.82, 2.24) is 19.5 Å². The van der Waals surface area contributed by atoms with Gasteiger partial charge in [0.2, 0.25) is 10.8 Å². The van der Waals surface area contributed by atoms with E-state index in [2.05, 4.69) is 39.4 Å². The molecule has 2 atom stereocenters. The van der Waals surface area contributed by atoms with Crippen molar-refractivity contribution in [2.75, 3.05) is 13.1 Å². The maximum atomic E-state index is 10.7. The summed E-state index contributed by atoms with van der Waals surface area (Å²) in [6, 6.07) is 4.35. The molecule has 3 aromatic rings. The molecule has 1 fully saturated rings. The lowest BCUT2D eigenvalue weighted by molar-refractivity contribution is 0.150. The van der Waals surface area contributed by atoms with Gasteiger partial charge in [0.25, 0.3) is 0 Å². The van der Waals surface area contributed by atoms with E-state index >= 15 is 0 Å². The molecule has 5 nitrogen and oxygen atoms in total. The fourth-order valence-electron chi connectivity index (χ4n) is 3.41. The molecule has 4 heterocycles. The minimum atomic E-state index is 0.103. The zero-order valence-electron chi connectivity index (χ0n) is 13.3. The maximum Gasteiger partial charge on any atom is 0.230 e. The van der Waals surface area contributed by atoms with Crippen LogP contribution in [0.5, 0.6) is 5.88 Å². The predicted octanol–water partition coefficient (Wildman–Crippen LogP) is 3.69. The number of thiazole rings is 1. The van der Waals surface area contributed by atoms with Gasteiger partial charge >= 0.3 is 0 Å². The quantitative estimate of drug-likeness (QED) is 0.784. The molecule has 1 saturated heterocycles. The maximum absolute atomic E-state index is 10.7. The zero-order chi connectivity index (χ0) is 16.0. The highest BCUT2D eigenvalue weighted by molar-refractivity contribution is 7.17. The first-order valence-electron chi connectivity index (χ1n) is 7.96. The molecule has 0 radical (unpaired) electrons. The summed E-state index contributed by atoms with van der Waals surface area (Å²) in [5.74, 6) is 1.62. The van der Waals surface area contributed by atoms with E-state index in [0.717, 1.165) is 22.9 Å². The number of aryl methyl sites for hydroxylation is 1. The molecule has 0 amide bonds. The Bertz CT molecular complexity index is 808. The highest BCUT2D eigenvalue weighted by Gasteiger charge is 2.32. The van der Waals surface area contributed by atoms with Gasteiger partial charge in [-0.1, -0.05) is 24.3 Å². The first-order valence-corrected chi connectivity index (χ1v) is 9.65. The van der Waals surface area contributed by atoms with Crippen molar-refractivity contribution in [3.63, 3.8) is 0 Å². The van der Waals surface area contributed by atoms with Crippen molar-refractivity contribution in [2.24, 2.45) is 5.92 Å². The summed E-state index contributed by atoms with van der Waals surface area (Å²) in [6.07, 6.45) is 2.50. The summed E-state index contributed by atoms with van der Waals surface area (Å²) < 4.78 is 1.57. The Morgan fingerprint density at radius 3 is 3.00 bits per heavy atom. The van der Waals surface area contributed by atoms with Crippen LogP contribution in [0, 0.1) is 12.8 Å². The van der Waals surface area contributed by atoms with Crippen LogP contribution >= 0.6 is 22.7 Å². The summed E-state index contributed by atoms with van der Waals surface area (Å²) in [7, 11) is 0. The summed E-state index contributed by atoms with van der Waals surface area (Å²) in [5.41, 5.74) is 0. The molecule has 0 spiro atoms. The molecule has 3 aromatic heterocycles. The van der Waals surface area contributed by atoms with Crippen LogP contribution in [0.4, 0.5) is 0 Å². The monoisotopic (exact) mass is 348 g/mol. The number of nitrogens with zero attached hydrogens (tertiary/aromatic N) is 4. The average molecular weight is 348 g/mol. The first-order chi connectivity index (χ1) is 11.1. The molecule has 0 aromatic carbocycles. The second kappa shape index (κ2) is 5.89. The minimum absolute atomic E-state index is 0.103. The Kier molecular flexibility index (Phi) is 3.87. The van der Waals surface area contributed by atoms with Crippen LogP contribution in [0.15, 0.2) is 17.5 Å². The van der Waals surface area contributed by atoms with E-state index in [1.807, 2.05) is 6.92 Å². The zero-order valence-corrected chi connectivity index (χ0v) is 14.9. The van der Waals surface area contributed by atoms with Gasteiger partial charge in [-0.3, -0.25) is 4.90 Å². The highest BCUT2D eigenvalue weighted by atomic mass is 32.1. The SMILES string of the molecule is Cc1nc2sc([C@H](c3cccs3)N3CCC[C@@H](C)C3)c(O)n2n1. The molecule has 23 heavy (non-hydrogen) atoms. The summed E-state index contributed by atoms with van der Waals surface area (Å²) in [5, 5.41) is 17.1. The second-order valence-electron chi connectivity index (χ2n) is 6.30. The van der Waals surface area contributed by atoms with E-state index in [1.165, 1.54) is 17.7 Å². The van der Waals surface area contributed by atoms with Crippen molar-refractivity contribution in [2.45, 2.75) is 32.7 Å². The molecule has 122 valence electrons. The fourth-order valence-corrected chi connectivity index (χ4v) is 5.50. The Hall–Kier alpha value is -1.44. The standard InChI is InChI=1S/C16H20N4OS2/c1-10-5-3-7-19(9-10)13(12-6-4-8-22-12)14-15(21)20-16(23-14)17-11(2)18-20/h4,6,8,10,13,21H,3,5,7,9H2,1-2H3/t10-,13+/m1/s1. The number of piperidine rings is 1. The van der Waals surface area contributed by atoms with Crippen molar-refractivity contribution < 1.29 is 5.11 Å². The van der Waals surface area contributed by atoms with Gasteiger partial charge in [0, 0.05) is 11.4 Å². The third-order valence-corrected chi connectivity index (χ3v) is 6.42. The van der Waals surface area contributed by atoms with Gasteiger partial charge in [-0.15, -0.1) is 16.4 Å². The number of aromatic hydroxyl groups is 1. The topological polar surface area (TPSA) is 53.7 Å². The lowest BCUT2D eigenvalue weighted by atomic mass is 9.98. The van der Waals surface area contributed by atoms with Crippen LogP contribution in [0.1, 0.15) is 41.4 Å². The Morgan fingerprint density at radius 2 is 2.30 bits per heavy atom. The molecule has 0 saturated carbocycles. The molecular formula is C16H20N4OS2. The third kappa shape index (κ3) is 2.66. The lowest BCUT2D eigenvalue weighted by Crippen LogP contribution is -2.37. The number of thiophene rings is 1. The molecular weight excluding hydrogens is 328 g/mol. The molecule has 1 aliphatic rings. The Labute approximate surface area is 143 Å². The third-order valence-electron chi connectivity index (χ3n) is 4.42.